The normalized spacial score (nSPS) is 19.6. The summed E-state index contributed by atoms with van der Waals surface area (Å²) in [5.41, 5.74) is 2.09. The van der Waals surface area contributed by atoms with Crippen LogP contribution in [0.15, 0.2) is 24.3 Å². The molecular weight excluding hydrogens is 234 g/mol. The van der Waals surface area contributed by atoms with E-state index in [-0.39, 0.29) is 0 Å². The number of nitrogens with zero attached hydrogens (tertiary/aromatic N) is 2. The van der Waals surface area contributed by atoms with Gasteiger partial charge < -0.3 is 5.32 Å². The van der Waals surface area contributed by atoms with Crippen LogP contribution in [0.25, 0.3) is 0 Å². The Morgan fingerprint density at radius 3 is 2.42 bits per heavy atom. The Hall–Kier alpha value is -1.37. The molecule has 1 saturated heterocycles. The lowest BCUT2D eigenvalue weighted by molar-refractivity contribution is 0.128. The van der Waals surface area contributed by atoms with Gasteiger partial charge in [-0.3, -0.25) is 4.90 Å². The Morgan fingerprint density at radius 1 is 1.26 bits per heavy atom. The molecule has 1 aromatic carbocycles. The van der Waals surface area contributed by atoms with Crippen LogP contribution >= 0.6 is 0 Å². The monoisotopic (exact) mass is 257 g/mol. The third-order valence-electron chi connectivity index (χ3n) is 4.11. The summed E-state index contributed by atoms with van der Waals surface area (Å²) in [6.45, 7) is 8.94. The molecule has 2 rings (SSSR count). The summed E-state index contributed by atoms with van der Waals surface area (Å²) >= 11 is 0. The summed E-state index contributed by atoms with van der Waals surface area (Å²) in [5.74, 6) is 0.631. The summed E-state index contributed by atoms with van der Waals surface area (Å²) in [5, 5.41) is 12.3. The van der Waals surface area contributed by atoms with Gasteiger partial charge in [-0.2, -0.15) is 5.26 Å². The molecule has 0 bridgehead atoms. The number of hydrogen-bond donors (Lipinski definition) is 1. The van der Waals surface area contributed by atoms with E-state index in [1.165, 1.54) is 12.0 Å². The molecule has 2 atom stereocenters. The Bertz CT molecular complexity index is 426. The van der Waals surface area contributed by atoms with Crippen LogP contribution in [-0.2, 0) is 0 Å². The highest BCUT2D eigenvalue weighted by Gasteiger charge is 2.26. The van der Waals surface area contributed by atoms with Crippen molar-refractivity contribution in [2.45, 2.75) is 26.3 Å². The molecule has 1 aromatic rings. The van der Waals surface area contributed by atoms with E-state index in [1.54, 1.807) is 0 Å². The summed E-state index contributed by atoms with van der Waals surface area (Å²) in [7, 11) is 0. The first kappa shape index (κ1) is 14.0. The number of piperazine rings is 1. The minimum Gasteiger partial charge on any atom is -0.314 e. The van der Waals surface area contributed by atoms with Gasteiger partial charge in [0.05, 0.1) is 11.6 Å². The van der Waals surface area contributed by atoms with Gasteiger partial charge >= 0.3 is 0 Å². The van der Waals surface area contributed by atoms with Crippen molar-refractivity contribution in [3.05, 3.63) is 35.4 Å². The van der Waals surface area contributed by atoms with Gasteiger partial charge in [-0.15, -0.1) is 0 Å². The van der Waals surface area contributed by atoms with E-state index >= 15 is 0 Å². The average Bonchev–Trinajstić information content (AvgIpc) is 2.49. The standard InChI is InChI=1S/C16H23N3/c1-3-13(2)16(19-10-8-18-9-11-19)15-6-4-14(12-17)5-7-15/h4-7,13,16,18H,3,8-11H2,1-2H3/t13?,16-/m0/s1. The molecule has 1 unspecified atom stereocenters. The average molecular weight is 257 g/mol. The van der Waals surface area contributed by atoms with Gasteiger partial charge in [0.15, 0.2) is 0 Å². The van der Waals surface area contributed by atoms with Gasteiger partial charge in [0.25, 0.3) is 0 Å². The first-order valence-corrected chi connectivity index (χ1v) is 7.21. The maximum atomic E-state index is 8.90. The smallest absolute Gasteiger partial charge is 0.0991 e. The molecule has 0 radical (unpaired) electrons. The van der Waals surface area contributed by atoms with Crippen LogP contribution in [-0.4, -0.2) is 31.1 Å². The van der Waals surface area contributed by atoms with Gasteiger partial charge in [-0.25, -0.2) is 0 Å². The lowest BCUT2D eigenvalue weighted by Gasteiger charge is -2.38. The Morgan fingerprint density at radius 2 is 1.89 bits per heavy atom. The van der Waals surface area contributed by atoms with E-state index in [9.17, 15) is 0 Å². The third-order valence-corrected chi connectivity index (χ3v) is 4.11. The van der Waals surface area contributed by atoms with E-state index < -0.39 is 0 Å². The fourth-order valence-corrected chi connectivity index (χ4v) is 2.84. The first-order valence-electron chi connectivity index (χ1n) is 7.21. The van der Waals surface area contributed by atoms with Crippen LogP contribution in [0.5, 0.6) is 0 Å². The highest BCUT2D eigenvalue weighted by atomic mass is 15.2. The molecule has 3 heteroatoms. The molecule has 0 saturated carbocycles. The zero-order chi connectivity index (χ0) is 13.7. The topological polar surface area (TPSA) is 39.1 Å². The summed E-state index contributed by atoms with van der Waals surface area (Å²) in [4.78, 5) is 2.58. The molecule has 1 N–H and O–H groups in total. The van der Waals surface area contributed by atoms with Crippen LogP contribution < -0.4 is 5.32 Å². The van der Waals surface area contributed by atoms with Crippen LogP contribution in [0.2, 0.25) is 0 Å². The van der Waals surface area contributed by atoms with Crippen LogP contribution in [0.3, 0.4) is 0 Å². The second-order valence-electron chi connectivity index (χ2n) is 5.35. The largest absolute Gasteiger partial charge is 0.314 e. The Kier molecular flexibility index (Phi) is 4.95. The van der Waals surface area contributed by atoms with E-state index in [4.69, 9.17) is 5.26 Å². The summed E-state index contributed by atoms with van der Waals surface area (Å²) in [6.07, 6.45) is 1.18. The van der Waals surface area contributed by atoms with Crippen LogP contribution in [0.4, 0.5) is 0 Å². The fourth-order valence-electron chi connectivity index (χ4n) is 2.84. The highest BCUT2D eigenvalue weighted by Crippen LogP contribution is 2.31. The van der Waals surface area contributed by atoms with Gasteiger partial charge in [0.1, 0.15) is 0 Å². The number of hydrogen-bond acceptors (Lipinski definition) is 3. The number of nitriles is 1. The van der Waals surface area contributed by atoms with E-state index in [0.29, 0.717) is 12.0 Å². The molecule has 3 nitrogen and oxygen atoms in total. The predicted octanol–water partition coefficient (Wildman–Crippen LogP) is 2.55. The maximum Gasteiger partial charge on any atom is 0.0991 e. The molecule has 1 heterocycles. The molecule has 1 aliphatic heterocycles. The zero-order valence-electron chi connectivity index (χ0n) is 11.9. The molecule has 102 valence electrons. The van der Waals surface area contributed by atoms with Crippen molar-refractivity contribution in [1.29, 1.82) is 5.26 Å². The van der Waals surface area contributed by atoms with Crippen molar-refractivity contribution in [3.63, 3.8) is 0 Å². The molecule has 0 aromatic heterocycles. The SMILES string of the molecule is CCC(C)[C@@H](c1ccc(C#N)cc1)N1CCNCC1. The lowest BCUT2D eigenvalue weighted by atomic mass is 9.90. The lowest BCUT2D eigenvalue weighted by Crippen LogP contribution is -2.46. The molecular formula is C16H23N3. The predicted molar refractivity (Wildman–Crippen MR) is 77.8 cm³/mol. The van der Waals surface area contributed by atoms with Crippen molar-refractivity contribution in [2.75, 3.05) is 26.2 Å². The van der Waals surface area contributed by atoms with Crippen molar-refractivity contribution in [1.82, 2.24) is 10.2 Å². The molecule has 1 aliphatic rings. The number of nitrogens with one attached hydrogen (secondary N) is 1. The molecule has 0 amide bonds. The minimum atomic E-state index is 0.472. The highest BCUT2D eigenvalue weighted by molar-refractivity contribution is 5.33. The Labute approximate surface area is 116 Å². The summed E-state index contributed by atoms with van der Waals surface area (Å²) in [6, 6.07) is 10.8. The molecule has 0 aliphatic carbocycles. The van der Waals surface area contributed by atoms with Gasteiger partial charge in [0, 0.05) is 32.2 Å². The van der Waals surface area contributed by atoms with Crippen molar-refractivity contribution in [3.8, 4) is 6.07 Å². The van der Waals surface area contributed by atoms with Crippen LogP contribution in [0.1, 0.15) is 37.4 Å². The second-order valence-corrected chi connectivity index (χ2v) is 5.35. The first-order chi connectivity index (χ1) is 9.26. The van der Waals surface area contributed by atoms with E-state index in [0.717, 1.165) is 31.7 Å². The Balaban J connectivity index is 2.22. The van der Waals surface area contributed by atoms with Gasteiger partial charge in [0.2, 0.25) is 0 Å². The van der Waals surface area contributed by atoms with Crippen molar-refractivity contribution < 1.29 is 0 Å². The maximum absolute atomic E-state index is 8.90. The molecule has 19 heavy (non-hydrogen) atoms. The second kappa shape index (κ2) is 6.70. The number of rotatable bonds is 4. The zero-order valence-corrected chi connectivity index (χ0v) is 11.9. The third kappa shape index (κ3) is 3.34. The summed E-state index contributed by atoms with van der Waals surface area (Å²) < 4.78 is 0. The fraction of sp³-hybridized carbons (Fsp3) is 0.562. The van der Waals surface area contributed by atoms with E-state index in [2.05, 4.69) is 42.3 Å². The molecule has 0 spiro atoms. The van der Waals surface area contributed by atoms with Crippen molar-refractivity contribution >= 4 is 0 Å². The van der Waals surface area contributed by atoms with E-state index in [1.807, 2.05) is 12.1 Å². The molecule has 1 fully saturated rings. The quantitative estimate of drug-likeness (QED) is 0.901. The van der Waals surface area contributed by atoms with Gasteiger partial charge in [-0.1, -0.05) is 32.4 Å². The van der Waals surface area contributed by atoms with Gasteiger partial charge in [-0.05, 0) is 23.6 Å². The number of benzene rings is 1. The van der Waals surface area contributed by atoms with Crippen molar-refractivity contribution in [2.24, 2.45) is 5.92 Å². The minimum absolute atomic E-state index is 0.472. The van der Waals surface area contributed by atoms with Crippen LogP contribution in [0, 0.1) is 17.2 Å².